The fourth-order valence-corrected chi connectivity index (χ4v) is 1.49. The largest absolute Gasteiger partial charge is 0.490 e. The summed E-state index contributed by atoms with van der Waals surface area (Å²) in [7, 11) is 1.64. The predicted molar refractivity (Wildman–Crippen MR) is 61.5 cm³/mol. The fraction of sp³-hybridized carbons (Fsp3) is 0.364. The van der Waals surface area contributed by atoms with Gasteiger partial charge in [-0.25, -0.2) is 0 Å². The minimum atomic E-state index is 0.0441. The van der Waals surface area contributed by atoms with Crippen LogP contribution in [0.5, 0.6) is 5.75 Å². The van der Waals surface area contributed by atoms with Crippen molar-refractivity contribution in [3.63, 3.8) is 0 Å². The van der Waals surface area contributed by atoms with E-state index in [0.29, 0.717) is 17.9 Å². The Labute approximate surface area is 97.5 Å². The summed E-state index contributed by atoms with van der Waals surface area (Å²) in [5.74, 6) is 0.713. The van der Waals surface area contributed by atoms with Gasteiger partial charge in [-0.05, 0) is 41.1 Å². The first-order valence-electron chi connectivity index (χ1n) is 4.57. The minimum Gasteiger partial charge on any atom is -0.490 e. The number of ether oxygens (including phenoxy) is 2. The SMILES string of the molecule is COC(C)COc1ccc(C=O)cc1Br. The van der Waals surface area contributed by atoms with E-state index in [2.05, 4.69) is 15.9 Å². The van der Waals surface area contributed by atoms with E-state index >= 15 is 0 Å². The van der Waals surface area contributed by atoms with Crippen LogP contribution in [-0.2, 0) is 4.74 Å². The van der Waals surface area contributed by atoms with Crippen LogP contribution < -0.4 is 4.74 Å². The number of carbonyl (C=O) groups excluding carboxylic acids is 1. The van der Waals surface area contributed by atoms with Gasteiger partial charge in [-0.3, -0.25) is 4.79 Å². The van der Waals surface area contributed by atoms with Gasteiger partial charge in [0.1, 0.15) is 18.6 Å². The molecule has 0 aliphatic heterocycles. The van der Waals surface area contributed by atoms with Crippen LogP contribution in [0.2, 0.25) is 0 Å². The average molecular weight is 273 g/mol. The molecule has 0 aromatic heterocycles. The van der Waals surface area contributed by atoms with Gasteiger partial charge in [-0.2, -0.15) is 0 Å². The van der Waals surface area contributed by atoms with Crippen LogP contribution >= 0.6 is 15.9 Å². The summed E-state index contributed by atoms with van der Waals surface area (Å²) in [4.78, 5) is 10.5. The van der Waals surface area contributed by atoms with Crippen LogP contribution in [0.1, 0.15) is 17.3 Å². The number of carbonyl (C=O) groups is 1. The zero-order chi connectivity index (χ0) is 11.3. The fourth-order valence-electron chi connectivity index (χ4n) is 0.983. The van der Waals surface area contributed by atoms with Gasteiger partial charge in [0.05, 0.1) is 10.6 Å². The normalized spacial score (nSPS) is 12.2. The predicted octanol–water partition coefficient (Wildman–Crippen LogP) is 2.68. The molecule has 4 heteroatoms. The van der Waals surface area contributed by atoms with Gasteiger partial charge in [0.2, 0.25) is 0 Å². The summed E-state index contributed by atoms with van der Waals surface area (Å²) in [5, 5.41) is 0. The summed E-state index contributed by atoms with van der Waals surface area (Å²) in [6.45, 7) is 2.41. The van der Waals surface area contributed by atoms with Gasteiger partial charge in [0.25, 0.3) is 0 Å². The Bertz CT molecular complexity index is 339. The molecule has 0 spiro atoms. The molecule has 0 radical (unpaired) electrons. The molecule has 0 N–H and O–H groups in total. The molecule has 82 valence electrons. The molecule has 0 heterocycles. The van der Waals surface area contributed by atoms with Gasteiger partial charge < -0.3 is 9.47 Å². The van der Waals surface area contributed by atoms with E-state index < -0.39 is 0 Å². The van der Waals surface area contributed by atoms with Crippen molar-refractivity contribution in [1.29, 1.82) is 0 Å². The maximum atomic E-state index is 10.5. The Morgan fingerprint density at radius 3 is 2.80 bits per heavy atom. The zero-order valence-electron chi connectivity index (χ0n) is 8.70. The van der Waals surface area contributed by atoms with E-state index in [9.17, 15) is 4.79 Å². The molecule has 1 rings (SSSR count). The lowest BCUT2D eigenvalue weighted by molar-refractivity contribution is 0.0714. The molecular formula is C11H13BrO3. The average Bonchev–Trinajstić information content (AvgIpc) is 2.26. The molecule has 1 aromatic rings. The topological polar surface area (TPSA) is 35.5 Å². The third-order valence-corrected chi connectivity index (χ3v) is 2.59. The second kappa shape index (κ2) is 5.88. The van der Waals surface area contributed by atoms with E-state index in [4.69, 9.17) is 9.47 Å². The van der Waals surface area contributed by atoms with E-state index in [-0.39, 0.29) is 6.10 Å². The first-order valence-corrected chi connectivity index (χ1v) is 5.37. The Kier molecular flexibility index (Phi) is 4.78. The van der Waals surface area contributed by atoms with Gasteiger partial charge >= 0.3 is 0 Å². The number of hydrogen-bond donors (Lipinski definition) is 0. The molecule has 1 aromatic carbocycles. The molecule has 0 amide bonds. The highest BCUT2D eigenvalue weighted by Crippen LogP contribution is 2.25. The van der Waals surface area contributed by atoms with Gasteiger partial charge in [-0.1, -0.05) is 0 Å². The van der Waals surface area contributed by atoms with E-state index in [1.54, 1.807) is 25.3 Å². The second-order valence-corrected chi connectivity index (χ2v) is 4.02. The highest BCUT2D eigenvalue weighted by molar-refractivity contribution is 9.10. The van der Waals surface area contributed by atoms with Crippen LogP contribution in [0.3, 0.4) is 0 Å². The molecule has 0 fully saturated rings. The van der Waals surface area contributed by atoms with Crippen molar-refractivity contribution in [2.45, 2.75) is 13.0 Å². The number of aldehydes is 1. The molecule has 1 unspecified atom stereocenters. The molecule has 15 heavy (non-hydrogen) atoms. The van der Waals surface area contributed by atoms with Gasteiger partial charge in [0.15, 0.2) is 0 Å². The first kappa shape index (κ1) is 12.2. The van der Waals surface area contributed by atoms with Crippen molar-refractivity contribution in [1.82, 2.24) is 0 Å². The first-order chi connectivity index (χ1) is 7.17. The summed E-state index contributed by atoms with van der Waals surface area (Å²) >= 11 is 3.34. The maximum Gasteiger partial charge on any atom is 0.150 e. The number of halogens is 1. The van der Waals surface area contributed by atoms with Crippen LogP contribution in [0, 0.1) is 0 Å². The van der Waals surface area contributed by atoms with Crippen molar-refractivity contribution >= 4 is 22.2 Å². The Morgan fingerprint density at radius 1 is 1.53 bits per heavy atom. The number of rotatable bonds is 5. The molecule has 0 bridgehead atoms. The van der Waals surface area contributed by atoms with Crippen molar-refractivity contribution in [3.05, 3.63) is 28.2 Å². The third kappa shape index (κ3) is 3.64. The number of hydrogen-bond acceptors (Lipinski definition) is 3. The van der Waals surface area contributed by atoms with Crippen LogP contribution in [-0.4, -0.2) is 26.1 Å². The highest BCUT2D eigenvalue weighted by Gasteiger charge is 2.05. The van der Waals surface area contributed by atoms with Crippen LogP contribution in [0.15, 0.2) is 22.7 Å². The molecule has 0 aliphatic carbocycles. The Morgan fingerprint density at radius 2 is 2.27 bits per heavy atom. The standard InChI is InChI=1S/C11H13BrO3/c1-8(14-2)7-15-11-4-3-9(6-13)5-10(11)12/h3-6,8H,7H2,1-2H3. The molecular weight excluding hydrogens is 260 g/mol. The molecule has 0 saturated heterocycles. The zero-order valence-corrected chi connectivity index (χ0v) is 10.3. The summed E-state index contributed by atoms with van der Waals surface area (Å²) in [6, 6.07) is 5.20. The lowest BCUT2D eigenvalue weighted by Gasteiger charge is -2.12. The third-order valence-electron chi connectivity index (χ3n) is 1.97. The van der Waals surface area contributed by atoms with Crippen molar-refractivity contribution < 1.29 is 14.3 Å². The lowest BCUT2D eigenvalue weighted by atomic mass is 10.2. The van der Waals surface area contributed by atoms with E-state index in [1.807, 2.05) is 6.92 Å². The van der Waals surface area contributed by atoms with Crippen molar-refractivity contribution in [2.75, 3.05) is 13.7 Å². The van der Waals surface area contributed by atoms with E-state index in [1.165, 1.54) is 0 Å². The number of methoxy groups -OCH3 is 1. The minimum absolute atomic E-state index is 0.0441. The van der Waals surface area contributed by atoms with Gasteiger partial charge in [0, 0.05) is 12.7 Å². The monoisotopic (exact) mass is 272 g/mol. The van der Waals surface area contributed by atoms with Crippen LogP contribution in [0.4, 0.5) is 0 Å². The molecule has 0 saturated carbocycles. The maximum absolute atomic E-state index is 10.5. The molecule has 3 nitrogen and oxygen atoms in total. The van der Waals surface area contributed by atoms with Crippen LogP contribution in [0.25, 0.3) is 0 Å². The number of benzene rings is 1. The van der Waals surface area contributed by atoms with Crippen molar-refractivity contribution in [2.24, 2.45) is 0 Å². The van der Waals surface area contributed by atoms with Crippen molar-refractivity contribution in [3.8, 4) is 5.75 Å². The molecule has 0 aliphatic rings. The summed E-state index contributed by atoms with van der Waals surface area (Å²) < 4.78 is 11.3. The lowest BCUT2D eigenvalue weighted by Crippen LogP contribution is -2.16. The smallest absolute Gasteiger partial charge is 0.150 e. The second-order valence-electron chi connectivity index (χ2n) is 3.17. The Balaban J connectivity index is 2.65. The molecule has 1 atom stereocenters. The van der Waals surface area contributed by atoms with E-state index in [0.717, 1.165) is 10.8 Å². The summed E-state index contributed by atoms with van der Waals surface area (Å²) in [6.07, 6.45) is 0.842. The summed E-state index contributed by atoms with van der Waals surface area (Å²) in [5.41, 5.74) is 0.619. The Hall–Kier alpha value is -0.870. The quantitative estimate of drug-likeness (QED) is 0.774. The van der Waals surface area contributed by atoms with Gasteiger partial charge in [-0.15, -0.1) is 0 Å². The highest BCUT2D eigenvalue weighted by atomic mass is 79.9.